The van der Waals surface area contributed by atoms with Crippen LogP contribution in [0.3, 0.4) is 0 Å². The summed E-state index contributed by atoms with van der Waals surface area (Å²) >= 11 is 0. The fraction of sp³-hybridized carbons (Fsp3) is 0.167. The summed E-state index contributed by atoms with van der Waals surface area (Å²) in [6.45, 7) is 7.62. The molecular formula is C12H16Si. The van der Waals surface area contributed by atoms with E-state index in [2.05, 4.69) is 43.5 Å². The quantitative estimate of drug-likeness (QED) is 0.492. The first-order chi connectivity index (χ1) is 6.38. The molecule has 0 unspecified atom stereocenters. The SMILES string of the molecule is C=CC[SiH](CC=C)c1ccccc1. The van der Waals surface area contributed by atoms with Crippen molar-refractivity contribution in [3.05, 3.63) is 55.6 Å². The average Bonchev–Trinajstić information content (AvgIpc) is 2.19. The molecule has 0 fully saturated rings. The summed E-state index contributed by atoms with van der Waals surface area (Å²) in [5.74, 6) is 0. The molecule has 0 spiro atoms. The van der Waals surface area contributed by atoms with E-state index >= 15 is 0 Å². The molecule has 0 saturated carbocycles. The van der Waals surface area contributed by atoms with Crippen molar-refractivity contribution in [1.82, 2.24) is 0 Å². The molecule has 13 heavy (non-hydrogen) atoms. The zero-order chi connectivity index (χ0) is 9.52. The van der Waals surface area contributed by atoms with Crippen molar-refractivity contribution in [3.63, 3.8) is 0 Å². The average molecular weight is 188 g/mol. The van der Waals surface area contributed by atoms with Crippen LogP contribution in [0.2, 0.25) is 12.1 Å². The second-order valence-electron chi connectivity index (χ2n) is 3.16. The molecule has 1 aromatic carbocycles. The summed E-state index contributed by atoms with van der Waals surface area (Å²) in [5, 5.41) is 1.52. The molecule has 68 valence electrons. The summed E-state index contributed by atoms with van der Waals surface area (Å²) in [6, 6.07) is 13.1. The fourth-order valence-corrected chi connectivity index (χ4v) is 3.80. The first-order valence-corrected chi connectivity index (χ1v) is 6.86. The lowest BCUT2D eigenvalue weighted by Crippen LogP contribution is -2.28. The zero-order valence-electron chi connectivity index (χ0n) is 7.95. The van der Waals surface area contributed by atoms with Crippen LogP contribution in [-0.4, -0.2) is 8.80 Å². The van der Waals surface area contributed by atoms with Gasteiger partial charge in [0.2, 0.25) is 0 Å². The maximum absolute atomic E-state index is 3.81. The van der Waals surface area contributed by atoms with Crippen LogP contribution in [-0.2, 0) is 0 Å². The Kier molecular flexibility index (Phi) is 4.26. The van der Waals surface area contributed by atoms with Gasteiger partial charge in [-0.1, -0.05) is 47.7 Å². The molecular weight excluding hydrogens is 172 g/mol. The van der Waals surface area contributed by atoms with Gasteiger partial charge in [0.25, 0.3) is 0 Å². The highest BCUT2D eigenvalue weighted by atomic mass is 28.3. The van der Waals surface area contributed by atoms with Crippen molar-refractivity contribution in [2.75, 3.05) is 0 Å². The third kappa shape index (κ3) is 3.03. The van der Waals surface area contributed by atoms with Crippen LogP contribution < -0.4 is 5.19 Å². The van der Waals surface area contributed by atoms with Gasteiger partial charge in [-0.05, 0) is 12.1 Å². The van der Waals surface area contributed by atoms with E-state index in [0.29, 0.717) is 0 Å². The van der Waals surface area contributed by atoms with Crippen LogP contribution in [0.5, 0.6) is 0 Å². The van der Waals surface area contributed by atoms with E-state index in [4.69, 9.17) is 0 Å². The molecule has 0 bridgehead atoms. The normalized spacial score (nSPS) is 9.92. The molecule has 0 radical (unpaired) electrons. The second-order valence-corrected chi connectivity index (χ2v) is 6.16. The fourth-order valence-electron chi connectivity index (χ4n) is 1.50. The minimum Gasteiger partial charge on any atom is -0.103 e. The summed E-state index contributed by atoms with van der Waals surface area (Å²) in [7, 11) is -0.828. The number of rotatable bonds is 5. The molecule has 0 saturated heterocycles. The molecule has 0 aliphatic carbocycles. The monoisotopic (exact) mass is 188 g/mol. The Bertz CT molecular complexity index is 254. The molecule has 0 nitrogen and oxygen atoms in total. The van der Waals surface area contributed by atoms with E-state index in [9.17, 15) is 0 Å². The standard InChI is InChI=1S/C12H16Si/c1-3-10-13(11-4-2)12-8-6-5-7-9-12/h3-9,13H,1-2,10-11H2. The van der Waals surface area contributed by atoms with Gasteiger partial charge in [0.15, 0.2) is 0 Å². The number of hydrogen-bond acceptors (Lipinski definition) is 0. The van der Waals surface area contributed by atoms with Crippen molar-refractivity contribution < 1.29 is 0 Å². The summed E-state index contributed by atoms with van der Waals surface area (Å²) < 4.78 is 0. The van der Waals surface area contributed by atoms with Crippen LogP contribution in [0.1, 0.15) is 0 Å². The first-order valence-electron chi connectivity index (χ1n) is 4.65. The highest BCUT2D eigenvalue weighted by Crippen LogP contribution is 2.02. The molecule has 0 atom stereocenters. The lowest BCUT2D eigenvalue weighted by Gasteiger charge is -2.10. The Morgan fingerprint density at radius 3 is 2.00 bits per heavy atom. The van der Waals surface area contributed by atoms with Gasteiger partial charge >= 0.3 is 0 Å². The van der Waals surface area contributed by atoms with Crippen molar-refractivity contribution in [2.24, 2.45) is 0 Å². The largest absolute Gasteiger partial charge is 0.103 e. The lowest BCUT2D eigenvalue weighted by molar-refractivity contribution is 1.54. The minimum atomic E-state index is -0.828. The van der Waals surface area contributed by atoms with Crippen molar-refractivity contribution in [1.29, 1.82) is 0 Å². The first kappa shape index (κ1) is 10.0. The van der Waals surface area contributed by atoms with E-state index in [1.165, 1.54) is 5.19 Å². The Balaban J connectivity index is 2.75. The van der Waals surface area contributed by atoms with Crippen LogP contribution in [0.15, 0.2) is 55.6 Å². The molecule has 0 N–H and O–H groups in total. The second kappa shape index (κ2) is 5.54. The molecule has 0 aliphatic rings. The van der Waals surface area contributed by atoms with Gasteiger partial charge in [-0.15, -0.1) is 13.2 Å². The molecule has 0 heterocycles. The Morgan fingerprint density at radius 2 is 1.54 bits per heavy atom. The van der Waals surface area contributed by atoms with Gasteiger partial charge in [-0.25, -0.2) is 0 Å². The van der Waals surface area contributed by atoms with Crippen LogP contribution in [0.25, 0.3) is 0 Å². The summed E-state index contributed by atoms with van der Waals surface area (Å²) in [5.41, 5.74) is 0. The van der Waals surface area contributed by atoms with Crippen LogP contribution in [0, 0.1) is 0 Å². The predicted molar refractivity (Wildman–Crippen MR) is 63.2 cm³/mol. The summed E-state index contributed by atoms with van der Waals surface area (Å²) in [6.07, 6.45) is 4.07. The van der Waals surface area contributed by atoms with E-state index in [0.717, 1.165) is 12.1 Å². The van der Waals surface area contributed by atoms with E-state index < -0.39 is 8.80 Å². The van der Waals surface area contributed by atoms with Crippen molar-refractivity contribution >= 4 is 14.0 Å². The summed E-state index contributed by atoms with van der Waals surface area (Å²) in [4.78, 5) is 0. The zero-order valence-corrected chi connectivity index (χ0v) is 9.10. The Hall–Kier alpha value is -1.08. The third-order valence-corrected chi connectivity index (χ3v) is 5.31. The topological polar surface area (TPSA) is 0 Å². The van der Waals surface area contributed by atoms with Crippen LogP contribution in [0.4, 0.5) is 0 Å². The Labute approximate surface area is 82.2 Å². The van der Waals surface area contributed by atoms with E-state index in [1.54, 1.807) is 0 Å². The number of hydrogen-bond donors (Lipinski definition) is 0. The molecule has 0 aromatic heterocycles. The third-order valence-electron chi connectivity index (χ3n) is 2.17. The minimum absolute atomic E-state index is 0.828. The molecule has 1 rings (SSSR count). The van der Waals surface area contributed by atoms with Gasteiger partial charge in [0.1, 0.15) is 0 Å². The van der Waals surface area contributed by atoms with Gasteiger partial charge in [-0.2, -0.15) is 0 Å². The molecule has 1 heteroatoms. The van der Waals surface area contributed by atoms with Gasteiger partial charge in [-0.3, -0.25) is 0 Å². The van der Waals surface area contributed by atoms with Gasteiger partial charge in [0, 0.05) is 0 Å². The maximum atomic E-state index is 3.81. The van der Waals surface area contributed by atoms with E-state index in [1.807, 2.05) is 12.2 Å². The van der Waals surface area contributed by atoms with Crippen molar-refractivity contribution in [3.8, 4) is 0 Å². The predicted octanol–water partition coefficient (Wildman–Crippen LogP) is 2.49. The van der Waals surface area contributed by atoms with Crippen molar-refractivity contribution in [2.45, 2.75) is 12.1 Å². The molecule has 0 aliphatic heterocycles. The molecule has 1 aromatic rings. The highest BCUT2D eigenvalue weighted by Gasteiger charge is 2.08. The number of benzene rings is 1. The van der Waals surface area contributed by atoms with E-state index in [-0.39, 0.29) is 0 Å². The highest BCUT2D eigenvalue weighted by molar-refractivity contribution is 6.73. The molecule has 0 amide bonds. The van der Waals surface area contributed by atoms with Crippen LogP contribution >= 0.6 is 0 Å². The smallest absolute Gasteiger partial charge is 0.0782 e. The Morgan fingerprint density at radius 1 is 1.00 bits per heavy atom. The van der Waals surface area contributed by atoms with Gasteiger partial charge < -0.3 is 0 Å². The number of allylic oxidation sites excluding steroid dienone is 2. The maximum Gasteiger partial charge on any atom is 0.0782 e. The lowest BCUT2D eigenvalue weighted by atomic mass is 10.4. The van der Waals surface area contributed by atoms with Gasteiger partial charge in [0.05, 0.1) is 8.80 Å².